The van der Waals surface area contributed by atoms with Crippen molar-refractivity contribution < 1.29 is 0 Å². The van der Waals surface area contributed by atoms with E-state index in [2.05, 4.69) is 40.9 Å². The maximum Gasteiger partial charge on any atom is 0.0948 e. The fraction of sp³-hybridized carbons (Fsp3) is 0.417. The van der Waals surface area contributed by atoms with Gasteiger partial charge in [0, 0.05) is 29.6 Å². The van der Waals surface area contributed by atoms with E-state index in [0.717, 1.165) is 12.2 Å². The van der Waals surface area contributed by atoms with Gasteiger partial charge in [-0.2, -0.15) is 0 Å². The standard InChI is InChI=1S/C12H17N3S/c1-12(2,11-4-3-5-16-11)8-15-9-14-7-10(15)6-13/h3-5,7,9H,6,8,13H2,1-2H3. The largest absolute Gasteiger partial charge is 0.333 e. The highest BCUT2D eigenvalue weighted by atomic mass is 32.1. The zero-order valence-electron chi connectivity index (χ0n) is 9.68. The number of thiophene rings is 1. The third-order valence-electron chi connectivity index (χ3n) is 2.76. The summed E-state index contributed by atoms with van der Waals surface area (Å²) < 4.78 is 2.14. The van der Waals surface area contributed by atoms with Gasteiger partial charge in [0.2, 0.25) is 0 Å². The number of nitrogens with zero attached hydrogens (tertiary/aromatic N) is 2. The minimum Gasteiger partial charge on any atom is -0.333 e. The molecule has 2 N–H and O–H groups in total. The Morgan fingerprint density at radius 1 is 1.50 bits per heavy atom. The molecule has 0 aliphatic rings. The predicted molar refractivity (Wildman–Crippen MR) is 67.5 cm³/mol. The molecule has 0 saturated heterocycles. The molecule has 86 valence electrons. The van der Waals surface area contributed by atoms with Gasteiger partial charge in [-0.25, -0.2) is 4.98 Å². The molecule has 0 atom stereocenters. The molecular formula is C12H17N3S. The third kappa shape index (κ3) is 2.18. The van der Waals surface area contributed by atoms with Crippen LogP contribution in [0.4, 0.5) is 0 Å². The molecule has 0 aliphatic carbocycles. The maximum absolute atomic E-state index is 5.67. The first kappa shape index (κ1) is 11.4. The van der Waals surface area contributed by atoms with Gasteiger partial charge in [-0.1, -0.05) is 19.9 Å². The van der Waals surface area contributed by atoms with E-state index < -0.39 is 0 Å². The summed E-state index contributed by atoms with van der Waals surface area (Å²) in [5.41, 5.74) is 6.89. The number of nitrogens with two attached hydrogens (primary N) is 1. The van der Waals surface area contributed by atoms with Crippen LogP contribution in [-0.4, -0.2) is 9.55 Å². The van der Waals surface area contributed by atoms with Crippen LogP contribution in [0, 0.1) is 0 Å². The zero-order chi connectivity index (χ0) is 11.6. The normalized spacial score (nSPS) is 11.9. The number of hydrogen-bond donors (Lipinski definition) is 1. The number of hydrogen-bond acceptors (Lipinski definition) is 3. The van der Waals surface area contributed by atoms with Crippen LogP contribution >= 0.6 is 11.3 Å². The molecule has 0 aliphatic heterocycles. The summed E-state index contributed by atoms with van der Waals surface area (Å²) >= 11 is 1.80. The Labute approximate surface area is 99.9 Å². The fourth-order valence-corrected chi connectivity index (χ4v) is 2.67. The molecule has 0 aromatic carbocycles. The molecule has 3 nitrogen and oxygen atoms in total. The van der Waals surface area contributed by atoms with E-state index in [4.69, 9.17) is 5.73 Å². The van der Waals surface area contributed by atoms with Crippen molar-refractivity contribution in [3.8, 4) is 0 Å². The Bertz CT molecular complexity index is 443. The zero-order valence-corrected chi connectivity index (χ0v) is 10.5. The van der Waals surface area contributed by atoms with E-state index in [9.17, 15) is 0 Å². The van der Waals surface area contributed by atoms with Crippen molar-refractivity contribution in [1.29, 1.82) is 0 Å². The highest BCUT2D eigenvalue weighted by Gasteiger charge is 2.22. The summed E-state index contributed by atoms with van der Waals surface area (Å²) in [4.78, 5) is 5.54. The summed E-state index contributed by atoms with van der Waals surface area (Å²) in [6.45, 7) is 5.96. The minimum atomic E-state index is 0.124. The lowest BCUT2D eigenvalue weighted by Gasteiger charge is -2.24. The average Bonchev–Trinajstić information content (AvgIpc) is 2.86. The van der Waals surface area contributed by atoms with E-state index in [-0.39, 0.29) is 5.41 Å². The number of imidazole rings is 1. The van der Waals surface area contributed by atoms with Crippen molar-refractivity contribution in [2.45, 2.75) is 32.4 Å². The maximum atomic E-state index is 5.67. The molecule has 0 unspecified atom stereocenters. The van der Waals surface area contributed by atoms with Crippen molar-refractivity contribution in [3.05, 3.63) is 40.6 Å². The molecule has 2 rings (SSSR count). The molecule has 0 amide bonds. The van der Waals surface area contributed by atoms with E-state index in [1.54, 1.807) is 11.3 Å². The summed E-state index contributed by atoms with van der Waals surface area (Å²) in [5, 5.41) is 2.12. The van der Waals surface area contributed by atoms with Crippen LogP contribution in [0.3, 0.4) is 0 Å². The van der Waals surface area contributed by atoms with Crippen molar-refractivity contribution in [3.63, 3.8) is 0 Å². The summed E-state index contributed by atoms with van der Waals surface area (Å²) in [5.74, 6) is 0. The quantitative estimate of drug-likeness (QED) is 0.884. The molecule has 2 aromatic rings. The van der Waals surface area contributed by atoms with E-state index in [1.807, 2.05) is 12.5 Å². The van der Waals surface area contributed by atoms with E-state index in [0.29, 0.717) is 6.54 Å². The second-order valence-corrected chi connectivity index (χ2v) is 5.53. The molecule has 16 heavy (non-hydrogen) atoms. The van der Waals surface area contributed by atoms with Crippen molar-refractivity contribution in [1.82, 2.24) is 9.55 Å². The van der Waals surface area contributed by atoms with E-state index in [1.165, 1.54) is 4.88 Å². The summed E-state index contributed by atoms with van der Waals surface area (Å²) in [7, 11) is 0. The predicted octanol–water partition coefficient (Wildman–Crippen LogP) is 2.38. The van der Waals surface area contributed by atoms with Crippen LogP contribution in [-0.2, 0) is 18.5 Å². The lowest BCUT2D eigenvalue weighted by Crippen LogP contribution is -2.24. The Morgan fingerprint density at radius 3 is 2.94 bits per heavy atom. The van der Waals surface area contributed by atoms with Gasteiger partial charge in [0.25, 0.3) is 0 Å². The van der Waals surface area contributed by atoms with Crippen LogP contribution in [0.15, 0.2) is 30.0 Å². The second-order valence-electron chi connectivity index (χ2n) is 4.58. The van der Waals surface area contributed by atoms with Crippen LogP contribution in [0.25, 0.3) is 0 Å². The van der Waals surface area contributed by atoms with Gasteiger partial charge in [-0.3, -0.25) is 0 Å². The first-order chi connectivity index (χ1) is 7.63. The lowest BCUT2D eigenvalue weighted by atomic mass is 9.91. The average molecular weight is 235 g/mol. The smallest absolute Gasteiger partial charge is 0.0948 e. The highest BCUT2D eigenvalue weighted by molar-refractivity contribution is 7.10. The first-order valence-electron chi connectivity index (χ1n) is 5.36. The summed E-state index contributed by atoms with van der Waals surface area (Å²) in [6, 6.07) is 4.28. The molecule has 0 spiro atoms. The van der Waals surface area contributed by atoms with Gasteiger partial charge < -0.3 is 10.3 Å². The molecular weight excluding hydrogens is 218 g/mol. The van der Waals surface area contributed by atoms with Gasteiger partial charge in [0.1, 0.15) is 0 Å². The van der Waals surface area contributed by atoms with Gasteiger partial charge in [0.05, 0.1) is 12.0 Å². The summed E-state index contributed by atoms with van der Waals surface area (Å²) in [6.07, 6.45) is 3.70. The van der Waals surface area contributed by atoms with Gasteiger partial charge in [-0.05, 0) is 11.4 Å². The van der Waals surface area contributed by atoms with Gasteiger partial charge in [0.15, 0.2) is 0 Å². The SMILES string of the molecule is CC(C)(Cn1cncc1CN)c1cccs1. The minimum absolute atomic E-state index is 0.124. The van der Waals surface area contributed by atoms with Crippen LogP contribution in [0.5, 0.6) is 0 Å². The Morgan fingerprint density at radius 2 is 2.31 bits per heavy atom. The van der Waals surface area contributed by atoms with Crippen molar-refractivity contribution in [2.75, 3.05) is 0 Å². The van der Waals surface area contributed by atoms with Gasteiger partial charge in [-0.15, -0.1) is 11.3 Å². The molecule has 0 radical (unpaired) electrons. The molecule has 0 bridgehead atoms. The Balaban J connectivity index is 2.21. The highest BCUT2D eigenvalue weighted by Crippen LogP contribution is 2.29. The molecule has 4 heteroatoms. The molecule has 2 aromatic heterocycles. The second kappa shape index (κ2) is 4.39. The molecule has 0 saturated carbocycles. The van der Waals surface area contributed by atoms with Gasteiger partial charge >= 0.3 is 0 Å². The first-order valence-corrected chi connectivity index (χ1v) is 6.24. The third-order valence-corrected chi connectivity index (χ3v) is 4.00. The molecule has 2 heterocycles. The van der Waals surface area contributed by atoms with E-state index >= 15 is 0 Å². The molecule has 0 fully saturated rings. The monoisotopic (exact) mass is 235 g/mol. The van der Waals surface area contributed by atoms with Crippen LogP contribution in [0.2, 0.25) is 0 Å². The van der Waals surface area contributed by atoms with Crippen molar-refractivity contribution >= 4 is 11.3 Å². The van der Waals surface area contributed by atoms with Crippen molar-refractivity contribution in [2.24, 2.45) is 5.73 Å². The number of aromatic nitrogens is 2. The Kier molecular flexibility index (Phi) is 3.12. The Hall–Kier alpha value is -1.13. The lowest BCUT2D eigenvalue weighted by molar-refractivity contribution is 0.434. The van der Waals surface area contributed by atoms with Crippen LogP contribution in [0.1, 0.15) is 24.4 Å². The van der Waals surface area contributed by atoms with Crippen LogP contribution < -0.4 is 5.73 Å². The number of rotatable bonds is 4. The topological polar surface area (TPSA) is 43.8 Å². The fourth-order valence-electron chi connectivity index (χ4n) is 1.83.